The monoisotopic (exact) mass is 438 g/mol. The number of phosphoric acid groups is 1. The van der Waals surface area contributed by atoms with Crippen LogP contribution < -0.4 is 10.6 Å². The number of hydrogen-bond donors (Lipinski definition) is 3. The Bertz CT molecular complexity index is 647. The summed E-state index contributed by atoms with van der Waals surface area (Å²) >= 11 is 0. The molecule has 0 aromatic heterocycles. The van der Waals surface area contributed by atoms with Gasteiger partial charge in [0, 0.05) is 19.0 Å². The SMILES string of the molecule is C=C(C)C(=O)OCC(CNC(C)C(=O)NC(C)=O)OP(=O)(O)OCC[N+](C)(C)C. The van der Waals surface area contributed by atoms with Gasteiger partial charge in [0.1, 0.15) is 25.9 Å². The van der Waals surface area contributed by atoms with Crippen LogP contribution in [-0.2, 0) is 32.7 Å². The molecule has 0 aromatic carbocycles. The lowest BCUT2D eigenvalue weighted by Gasteiger charge is -2.25. The van der Waals surface area contributed by atoms with E-state index in [0.717, 1.165) is 0 Å². The van der Waals surface area contributed by atoms with E-state index in [1.165, 1.54) is 20.8 Å². The van der Waals surface area contributed by atoms with Crippen LogP contribution in [0.3, 0.4) is 0 Å². The van der Waals surface area contributed by atoms with E-state index < -0.39 is 37.8 Å². The van der Waals surface area contributed by atoms with Crippen LogP contribution in [0.25, 0.3) is 0 Å². The molecule has 0 aliphatic rings. The highest BCUT2D eigenvalue weighted by atomic mass is 31.2. The maximum absolute atomic E-state index is 12.2. The Kier molecular flexibility index (Phi) is 11.5. The summed E-state index contributed by atoms with van der Waals surface area (Å²) in [7, 11) is 1.23. The Labute approximate surface area is 171 Å². The number of nitrogens with one attached hydrogen (secondary N) is 2. The van der Waals surface area contributed by atoms with Crippen LogP contribution in [0.2, 0.25) is 0 Å². The molecule has 168 valence electrons. The van der Waals surface area contributed by atoms with Gasteiger partial charge in [0.15, 0.2) is 0 Å². The molecule has 0 rings (SSSR count). The van der Waals surface area contributed by atoms with Crippen LogP contribution in [-0.4, -0.2) is 86.8 Å². The van der Waals surface area contributed by atoms with Crippen LogP contribution in [0, 0.1) is 0 Å². The first-order chi connectivity index (χ1) is 13.1. The van der Waals surface area contributed by atoms with E-state index in [9.17, 15) is 23.8 Å². The highest BCUT2D eigenvalue weighted by Gasteiger charge is 2.29. The number of rotatable bonds is 13. The highest BCUT2D eigenvalue weighted by molar-refractivity contribution is 7.47. The first-order valence-electron chi connectivity index (χ1n) is 8.96. The zero-order valence-electron chi connectivity index (χ0n) is 17.9. The molecule has 2 amide bonds. The van der Waals surface area contributed by atoms with E-state index >= 15 is 0 Å². The maximum Gasteiger partial charge on any atom is 0.472 e. The van der Waals surface area contributed by atoms with Crippen LogP contribution in [0.1, 0.15) is 20.8 Å². The van der Waals surface area contributed by atoms with E-state index in [1.807, 2.05) is 21.1 Å². The molecule has 11 nitrogen and oxygen atoms in total. The lowest BCUT2D eigenvalue weighted by molar-refractivity contribution is -0.870. The lowest BCUT2D eigenvalue weighted by Crippen LogP contribution is -2.47. The molecule has 0 heterocycles. The summed E-state index contributed by atoms with van der Waals surface area (Å²) in [5, 5.41) is 4.86. The van der Waals surface area contributed by atoms with Crippen molar-refractivity contribution in [3.63, 3.8) is 0 Å². The number of hydrogen-bond acceptors (Lipinski definition) is 8. The number of carbonyl (C=O) groups excluding carboxylic acids is 3. The van der Waals surface area contributed by atoms with E-state index in [-0.39, 0.29) is 25.3 Å². The molecule has 0 spiro atoms. The summed E-state index contributed by atoms with van der Waals surface area (Å²) in [4.78, 5) is 44.3. The molecule has 0 saturated heterocycles. The van der Waals surface area contributed by atoms with Gasteiger partial charge < -0.3 is 19.4 Å². The molecular weight excluding hydrogens is 405 g/mol. The number of imide groups is 1. The largest absolute Gasteiger partial charge is 0.472 e. The molecular formula is C17H33N3O8P+. The number of likely N-dealkylation sites (N-methyl/N-ethyl adjacent to an activating group) is 1. The van der Waals surface area contributed by atoms with Gasteiger partial charge in [-0.1, -0.05) is 6.58 Å². The third-order valence-electron chi connectivity index (χ3n) is 3.39. The second-order valence-electron chi connectivity index (χ2n) is 7.60. The summed E-state index contributed by atoms with van der Waals surface area (Å²) in [5.41, 5.74) is 0.150. The average Bonchev–Trinajstić information content (AvgIpc) is 2.54. The molecule has 0 bridgehead atoms. The van der Waals surface area contributed by atoms with E-state index in [1.54, 1.807) is 0 Å². The molecule has 0 aromatic rings. The summed E-state index contributed by atoms with van der Waals surface area (Å²) in [6.07, 6.45) is -1.09. The summed E-state index contributed by atoms with van der Waals surface area (Å²) < 4.78 is 27.8. The Morgan fingerprint density at radius 3 is 2.28 bits per heavy atom. The van der Waals surface area contributed by atoms with Crippen molar-refractivity contribution in [3.8, 4) is 0 Å². The zero-order valence-corrected chi connectivity index (χ0v) is 18.8. The molecule has 3 unspecified atom stereocenters. The van der Waals surface area contributed by atoms with Crippen LogP contribution >= 0.6 is 7.82 Å². The first-order valence-corrected chi connectivity index (χ1v) is 10.5. The van der Waals surface area contributed by atoms with Gasteiger partial charge in [0.05, 0.1) is 27.2 Å². The van der Waals surface area contributed by atoms with Crippen LogP contribution in [0.4, 0.5) is 0 Å². The predicted octanol–water partition coefficient (Wildman–Crippen LogP) is -0.0451. The quantitative estimate of drug-likeness (QED) is 0.156. The maximum atomic E-state index is 12.2. The second kappa shape index (κ2) is 12.2. The van der Waals surface area contributed by atoms with Crippen molar-refractivity contribution >= 4 is 25.6 Å². The molecule has 0 saturated carbocycles. The molecule has 3 N–H and O–H groups in total. The molecule has 0 radical (unpaired) electrons. The number of ether oxygens (including phenoxy) is 1. The molecule has 0 aliphatic heterocycles. The molecule has 29 heavy (non-hydrogen) atoms. The number of amides is 2. The van der Waals surface area contributed by atoms with Crippen molar-refractivity contribution in [2.24, 2.45) is 0 Å². The van der Waals surface area contributed by atoms with Crippen molar-refractivity contribution in [1.29, 1.82) is 0 Å². The van der Waals surface area contributed by atoms with Crippen LogP contribution in [0.5, 0.6) is 0 Å². The fourth-order valence-corrected chi connectivity index (χ4v) is 2.64. The minimum Gasteiger partial charge on any atom is -0.460 e. The van der Waals surface area contributed by atoms with Crippen molar-refractivity contribution in [2.45, 2.75) is 32.9 Å². The zero-order chi connectivity index (χ0) is 22.8. The molecule has 3 atom stereocenters. The summed E-state index contributed by atoms with van der Waals surface area (Å²) in [5.74, 6) is -1.79. The number of phosphoric ester groups is 1. The third-order valence-corrected chi connectivity index (χ3v) is 4.47. The Hall–Kier alpha value is -1.62. The Morgan fingerprint density at radius 1 is 1.21 bits per heavy atom. The fraction of sp³-hybridized carbons (Fsp3) is 0.706. The summed E-state index contributed by atoms with van der Waals surface area (Å²) in [6, 6.07) is -0.806. The van der Waals surface area contributed by atoms with Crippen molar-refractivity contribution in [2.75, 3.05) is 47.4 Å². The van der Waals surface area contributed by atoms with Gasteiger partial charge >= 0.3 is 13.8 Å². The minimum absolute atomic E-state index is 0.0274. The number of carbonyl (C=O) groups is 3. The standard InChI is InChI=1S/C17H32N3O8P/c1-12(2)17(23)26-11-15(10-18-13(3)16(22)19-14(4)21)28-29(24,25)27-9-8-20(5,6)7/h13,15,18H,1,8-11H2,2-7H3,(H-,19,21,22,24,25)/p+1. The van der Waals surface area contributed by atoms with Crippen molar-refractivity contribution < 1.29 is 42.1 Å². The molecule has 0 aliphatic carbocycles. The molecule has 0 fully saturated rings. The van der Waals surface area contributed by atoms with E-state index in [4.69, 9.17) is 13.8 Å². The van der Waals surface area contributed by atoms with Gasteiger partial charge in [0.25, 0.3) is 0 Å². The highest BCUT2D eigenvalue weighted by Crippen LogP contribution is 2.44. The van der Waals surface area contributed by atoms with Gasteiger partial charge in [-0.25, -0.2) is 9.36 Å². The number of quaternary nitrogens is 1. The average molecular weight is 438 g/mol. The van der Waals surface area contributed by atoms with Gasteiger partial charge in [-0.05, 0) is 13.8 Å². The van der Waals surface area contributed by atoms with Gasteiger partial charge in [-0.2, -0.15) is 0 Å². The van der Waals surface area contributed by atoms with Gasteiger partial charge in [-0.15, -0.1) is 0 Å². The Morgan fingerprint density at radius 2 is 1.79 bits per heavy atom. The third kappa shape index (κ3) is 14.1. The second-order valence-corrected chi connectivity index (χ2v) is 9.00. The lowest BCUT2D eigenvalue weighted by atomic mass is 10.3. The predicted molar refractivity (Wildman–Crippen MR) is 106 cm³/mol. The topological polar surface area (TPSA) is 140 Å². The normalized spacial score (nSPS) is 15.7. The van der Waals surface area contributed by atoms with E-state index in [2.05, 4.69) is 17.2 Å². The smallest absolute Gasteiger partial charge is 0.460 e. The van der Waals surface area contributed by atoms with Crippen molar-refractivity contribution in [1.82, 2.24) is 10.6 Å². The fourth-order valence-electron chi connectivity index (χ4n) is 1.75. The van der Waals surface area contributed by atoms with Crippen molar-refractivity contribution in [3.05, 3.63) is 12.2 Å². The van der Waals surface area contributed by atoms with E-state index in [0.29, 0.717) is 11.0 Å². The Balaban J connectivity index is 4.92. The molecule has 12 heteroatoms. The number of nitrogens with zero attached hydrogens (tertiary/aromatic N) is 1. The van der Waals surface area contributed by atoms with Crippen LogP contribution in [0.15, 0.2) is 12.2 Å². The minimum atomic E-state index is -4.44. The first kappa shape index (κ1) is 27.4. The van der Waals surface area contributed by atoms with Gasteiger partial charge in [-0.3, -0.25) is 24.0 Å². The summed E-state index contributed by atoms with van der Waals surface area (Å²) in [6.45, 7) is 7.53. The number of esters is 1. The van der Waals surface area contributed by atoms with Gasteiger partial charge in [0.2, 0.25) is 11.8 Å².